The number of benzene rings is 2. The lowest BCUT2D eigenvalue weighted by atomic mass is 10.1. The first-order valence-corrected chi connectivity index (χ1v) is 10.00. The fraction of sp³-hybridized carbons (Fsp3) is 0.292. The molecule has 0 aliphatic carbocycles. The number of carbonyl (C=O) groups is 3. The Labute approximate surface area is 181 Å². The summed E-state index contributed by atoms with van der Waals surface area (Å²) in [7, 11) is 0. The monoisotopic (exact) mass is 424 g/mol. The molecule has 0 spiro atoms. The van der Waals surface area contributed by atoms with Crippen LogP contribution in [-0.2, 0) is 20.9 Å². The minimum absolute atomic E-state index is 0.0359. The maximum atomic E-state index is 12.9. The second-order valence-electron chi connectivity index (χ2n) is 7.67. The summed E-state index contributed by atoms with van der Waals surface area (Å²) in [6.45, 7) is 4.48. The van der Waals surface area contributed by atoms with Crippen LogP contribution in [0.25, 0.3) is 0 Å². The van der Waals surface area contributed by atoms with E-state index < -0.39 is 35.3 Å². The van der Waals surface area contributed by atoms with Crippen molar-refractivity contribution in [3.8, 4) is 0 Å². The van der Waals surface area contributed by atoms with Gasteiger partial charge in [0.05, 0.1) is 0 Å². The van der Waals surface area contributed by atoms with Crippen molar-refractivity contribution >= 4 is 17.8 Å². The van der Waals surface area contributed by atoms with Crippen LogP contribution in [0.4, 0.5) is 4.79 Å². The Balaban J connectivity index is 1.68. The predicted octanol–water partition coefficient (Wildman–Crippen LogP) is 3.50. The van der Waals surface area contributed by atoms with Crippen molar-refractivity contribution in [1.82, 2.24) is 0 Å². The number of rotatable bonds is 8. The van der Waals surface area contributed by atoms with E-state index >= 15 is 0 Å². The Bertz CT molecular complexity index is 1010. The average Bonchev–Trinajstić information content (AvgIpc) is 3.42. The van der Waals surface area contributed by atoms with E-state index in [0.29, 0.717) is 11.3 Å². The van der Waals surface area contributed by atoms with E-state index in [-0.39, 0.29) is 12.4 Å². The zero-order chi connectivity index (χ0) is 22.6. The number of aliphatic hydroxyl groups is 1. The number of aliphatic hydroxyl groups excluding tert-OH is 1. The van der Waals surface area contributed by atoms with Crippen molar-refractivity contribution in [2.45, 2.75) is 39.5 Å². The molecule has 7 nitrogen and oxygen atoms in total. The molecule has 1 unspecified atom stereocenters. The SMILES string of the molecule is CC1=C[N+]1(C(=O)OCc1ccccc1)[C@H](C(=O)OCC(=O)c1cccc(C)c1)[C@H](C)O. The van der Waals surface area contributed by atoms with Crippen LogP contribution in [0.15, 0.2) is 66.5 Å². The van der Waals surface area contributed by atoms with Crippen LogP contribution < -0.4 is 0 Å². The van der Waals surface area contributed by atoms with Crippen molar-refractivity contribution in [2.24, 2.45) is 0 Å². The van der Waals surface area contributed by atoms with Crippen molar-refractivity contribution in [2.75, 3.05) is 6.61 Å². The van der Waals surface area contributed by atoms with Crippen LogP contribution in [0.1, 0.15) is 35.3 Å². The van der Waals surface area contributed by atoms with Crippen molar-refractivity contribution in [3.63, 3.8) is 0 Å². The van der Waals surface area contributed by atoms with Gasteiger partial charge in [0, 0.05) is 12.5 Å². The van der Waals surface area contributed by atoms with Crippen LogP contribution in [0.3, 0.4) is 0 Å². The van der Waals surface area contributed by atoms with Crippen LogP contribution in [0.5, 0.6) is 0 Å². The van der Waals surface area contributed by atoms with Gasteiger partial charge in [-0.05, 0) is 25.5 Å². The standard InChI is InChI=1S/C24H26NO6/c1-16-8-7-11-20(12-16)21(27)15-30-23(28)22(18(3)26)25(13-17(25)2)24(29)31-14-19-9-5-4-6-10-19/h4-13,18,22,26H,14-15H2,1-3H3/q+1/t18-,22-,25?/m0/s1. The molecule has 31 heavy (non-hydrogen) atoms. The molecule has 0 saturated carbocycles. The molecule has 3 atom stereocenters. The summed E-state index contributed by atoms with van der Waals surface area (Å²) in [5.41, 5.74) is 2.70. The summed E-state index contributed by atoms with van der Waals surface area (Å²) in [5.74, 6) is -1.21. The minimum Gasteiger partial charge on any atom is -0.453 e. The second kappa shape index (κ2) is 9.24. The highest BCUT2D eigenvalue weighted by Crippen LogP contribution is 2.40. The first-order valence-electron chi connectivity index (χ1n) is 10.00. The number of nitrogens with zero attached hydrogens (tertiary/aromatic N) is 1. The van der Waals surface area contributed by atoms with Crippen LogP contribution in [-0.4, -0.2) is 46.2 Å². The summed E-state index contributed by atoms with van der Waals surface area (Å²) in [4.78, 5) is 38.0. The van der Waals surface area contributed by atoms with Crippen molar-refractivity contribution < 1.29 is 33.4 Å². The molecule has 3 rings (SSSR count). The Morgan fingerprint density at radius 2 is 1.68 bits per heavy atom. The van der Waals surface area contributed by atoms with Gasteiger partial charge in [0.2, 0.25) is 6.04 Å². The molecule has 1 aliphatic rings. The van der Waals surface area contributed by atoms with E-state index in [1.165, 1.54) is 13.1 Å². The zero-order valence-corrected chi connectivity index (χ0v) is 17.8. The van der Waals surface area contributed by atoms with E-state index in [2.05, 4.69) is 0 Å². The van der Waals surface area contributed by atoms with Gasteiger partial charge in [-0.25, -0.2) is 4.79 Å². The number of Topliss-reactive ketones (excluding diaryl/α,β-unsaturated/α-hetero) is 1. The topological polar surface area (TPSA) is 89.9 Å². The Kier molecular flexibility index (Phi) is 6.68. The molecular formula is C24H26NO6+. The number of quaternary nitrogens is 1. The van der Waals surface area contributed by atoms with E-state index in [1.54, 1.807) is 25.1 Å². The summed E-state index contributed by atoms with van der Waals surface area (Å²) < 4.78 is 10.1. The summed E-state index contributed by atoms with van der Waals surface area (Å²) in [6, 6.07) is 14.8. The summed E-state index contributed by atoms with van der Waals surface area (Å²) in [6.07, 6.45) is -0.359. The third kappa shape index (κ3) is 4.90. The molecule has 1 heterocycles. The third-order valence-electron chi connectivity index (χ3n) is 5.24. The van der Waals surface area contributed by atoms with Gasteiger partial charge in [0.25, 0.3) is 0 Å². The third-order valence-corrected chi connectivity index (χ3v) is 5.24. The van der Waals surface area contributed by atoms with Gasteiger partial charge in [-0.15, -0.1) is 4.48 Å². The number of ether oxygens (including phenoxy) is 2. The largest absolute Gasteiger partial charge is 0.527 e. The Morgan fingerprint density at radius 3 is 2.26 bits per heavy atom. The number of hydrogen-bond acceptors (Lipinski definition) is 6. The molecule has 162 valence electrons. The number of hydrogen-bond donors (Lipinski definition) is 1. The predicted molar refractivity (Wildman–Crippen MR) is 113 cm³/mol. The van der Waals surface area contributed by atoms with Gasteiger partial charge in [0.1, 0.15) is 12.7 Å². The molecule has 0 fully saturated rings. The van der Waals surface area contributed by atoms with Gasteiger partial charge in [0.15, 0.2) is 24.3 Å². The highest BCUT2D eigenvalue weighted by Gasteiger charge is 2.63. The number of esters is 1. The first kappa shape index (κ1) is 22.4. The van der Waals surface area contributed by atoms with Crippen molar-refractivity contribution in [1.29, 1.82) is 0 Å². The van der Waals surface area contributed by atoms with Crippen LogP contribution in [0, 0.1) is 6.92 Å². The van der Waals surface area contributed by atoms with Gasteiger partial charge in [-0.3, -0.25) is 4.79 Å². The van der Waals surface area contributed by atoms with Crippen LogP contribution >= 0.6 is 0 Å². The smallest absolute Gasteiger partial charge is 0.453 e. The number of amides is 1. The maximum Gasteiger partial charge on any atom is 0.527 e. The molecule has 7 heteroatoms. The lowest BCUT2D eigenvalue weighted by Gasteiger charge is -2.26. The minimum atomic E-state index is -1.26. The van der Waals surface area contributed by atoms with Gasteiger partial charge < -0.3 is 14.6 Å². The molecule has 1 amide bonds. The Morgan fingerprint density at radius 1 is 1.00 bits per heavy atom. The maximum absolute atomic E-state index is 12.9. The summed E-state index contributed by atoms with van der Waals surface area (Å²) >= 11 is 0. The number of aryl methyl sites for hydroxylation is 1. The first-order chi connectivity index (χ1) is 14.8. The van der Waals surface area contributed by atoms with Crippen LogP contribution in [0.2, 0.25) is 0 Å². The summed E-state index contributed by atoms with van der Waals surface area (Å²) in [5, 5.41) is 10.3. The fourth-order valence-electron chi connectivity index (χ4n) is 3.53. The number of carbonyl (C=O) groups excluding carboxylic acids is 3. The van der Waals surface area contributed by atoms with E-state index in [9.17, 15) is 19.5 Å². The molecule has 0 bridgehead atoms. The normalized spacial score (nSPS) is 19.0. The van der Waals surface area contributed by atoms with E-state index in [0.717, 1.165) is 11.1 Å². The molecule has 0 radical (unpaired) electrons. The average molecular weight is 424 g/mol. The van der Waals surface area contributed by atoms with E-state index in [4.69, 9.17) is 9.47 Å². The molecule has 2 aromatic rings. The molecule has 0 saturated heterocycles. The highest BCUT2D eigenvalue weighted by atomic mass is 16.6. The number of ketones is 1. The molecule has 1 N–H and O–H groups in total. The molecule has 1 aliphatic heterocycles. The lowest BCUT2D eigenvalue weighted by Crippen LogP contribution is -2.55. The molecule has 2 aromatic carbocycles. The fourth-order valence-corrected chi connectivity index (χ4v) is 3.53. The van der Waals surface area contributed by atoms with Gasteiger partial charge in [-0.2, -0.15) is 4.79 Å². The second-order valence-corrected chi connectivity index (χ2v) is 7.67. The van der Waals surface area contributed by atoms with Gasteiger partial charge >= 0.3 is 12.1 Å². The zero-order valence-electron chi connectivity index (χ0n) is 17.8. The van der Waals surface area contributed by atoms with Crippen molar-refractivity contribution in [3.05, 3.63) is 83.2 Å². The van der Waals surface area contributed by atoms with Gasteiger partial charge in [-0.1, -0.05) is 54.1 Å². The lowest BCUT2D eigenvalue weighted by molar-refractivity contribution is -0.727. The molecular weight excluding hydrogens is 398 g/mol. The van der Waals surface area contributed by atoms with E-state index in [1.807, 2.05) is 43.3 Å². The molecule has 0 aromatic heterocycles. The quantitative estimate of drug-likeness (QED) is 0.396. The Hall–Kier alpha value is -3.29. The number of allylic oxidation sites excluding steroid dienone is 1. The highest BCUT2D eigenvalue weighted by molar-refractivity contribution is 5.98.